The van der Waals surface area contributed by atoms with E-state index in [4.69, 9.17) is 5.11 Å². The Morgan fingerprint density at radius 2 is 1.78 bits per heavy atom. The standard InChI is InChI=1S/C16H22FN.C2H2O.2C2H6.CH5N/c17-16-6-2-5-14(11-16)15-8-10-18(12-15)9-7-13-3-1-4-13;1-2-3;3*1-2/h2,5-6,11,13,15H,1,3-4,7-10,12H2;1,3H;2*1-2H3;2H2,1H3. The minimum atomic E-state index is -0.0968. The zero-order valence-electron chi connectivity index (χ0n) is 18.0. The SMILES string of the molecule is C#CO.CC.CC.CN.Fc1cccc(C2CCN(CCC3CCC3)C2)c1. The number of hydrogen-bond donors (Lipinski definition) is 2. The van der Waals surface area contributed by atoms with Crippen molar-refractivity contribution in [3.63, 3.8) is 0 Å². The van der Waals surface area contributed by atoms with E-state index in [1.807, 2.05) is 33.8 Å². The van der Waals surface area contributed by atoms with Crippen LogP contribution in [0.4, 0.5) is 4.39 Å². The molecule has 4 heteroatoms. The highest BCUT2D eigenvalue weighted by atomic mass is 19.1. The number of likely N-dealkylation sites (tertiary alicyclic amines) is 1. The molecule has 0 radical (unpaired) electrons. The van der Waals surface area contributed by atoms with E-state index in [1.165, 1.54) is 70.0 Å². The van der Waals surface area contributed by atoms with Crippen LogP contribution in [0.2, 0.25) is 0 Å². The van der Waals surface area contributed by atoms with Gasteiger partial charge in [0.25, 0.3) is 0 Å². The van der Waals surface area contributed by atoms with Gasteiger partial charge in [0, 0.05) is 6.54 Å². The molecule has 0 amide bonds. The van der Waals surface area contributed by atoms with Gasteiger partial charge in [-0.05, 0) is 62.5 Å². The molecule has 3 rings (SSSR count). The van der Waals surface area contributed by atoms with E-state index in [1.54, 1.807) is 6.07 Å². The molecule has 3 nitrogen and oxygen atoms in total. The van der Waals surface area contributed by atoms with E-state index < -0.39 is 0 Å². The third-order valence-electron chi connectivity index (χ3n) is 4.67. The van der Waals surface area contributed by atoms with Gasteiger partial charge in [-0.15, -0.1) is 0 Å². The lowest BCUT2D eigenvalue weighted by Crippen LogP contribution is -2.25. The van der Waals surface area contributed by atoms with Gasteiger partial charge in [0.1, 0.15) is 11.9 Å². The van der Waals surface area contributed by atoms with Gasteiger partial charge < -0.3 is 15.7 Å². The molecule has 1 heterocycles. The van der Waals surface area contributed by atoms with Crippen LogP contribution in [-0.4, -0.2) is 36.7 Å². The van der Waals surface area contributed by atoms with Crippen LogP contribution in [-0.2, 0) is 0 Å². The number of halogens is 1. The van der Waals surface area contributed by atoms with Gasteiger partial charge in [-0.2, -0.15) is 0 Å². The van der Waals surface area contributed by atoms with Crippen LogP contribution in [0.25, 0.3) is 0 Å². The summed E-state index contributed by atoms with van der Waals surface area (Å²) in [6.07, 6.45) is 12.3. The molecule has 1 unspecified atom stereocenters. The van der Waals surface area contributed by atoms with Gasteiger partial charge in [-0.3, -0.25) is 0 Å². The second-order valence-corrected chi connectivity index (χ2v) is 6.06. The molecule has 0 bridgehead atoms. The fourth-order valence-corrected chi connectivity index (χ4v) is 3.21. The average Bonchev–Trinajstić information content (AvgIpc) is 3.15. The van der Waals surface area contributed by atoms with Gasteiger partial charge in [0.05, 0.1) is 0 Å². The zero-order valence-corrected chi connectivity index (χ0v) is 18.0. The maximum atomic E-state index is 13.2. The number of terminal acetylenes is 1. The number of nitrogens with zero attached hydrogens (tertiary/aromatic N) is 1. The van der Waals surface area contributed by atoms with Gasteiger partial charge >= 0.3 is 0 Å². The summed E-state index contributed by atoms with van der Waals surface area (Å²) in [7, 11) is 1.50. The number of rotatable bonds is 4. The lowest BCUT2D eigenvalue weighted by Gasteiger charge is -2.27. The van der Waals surface area contributed by atoms with E-state index in [-0.39, 0.29) is 5.82 Å². The Bertz CT molecular complexity index is 484. The zero-order chi connectivity index (χ0) is 21.1. The van der Waals surface area contributed by atoms with Crippen LogP contribution >= 0.6 is 0 Å². The Morgan fingerprint density at radius 1 is 1.19 bits per heavy atom. The van der Waals surface area contributed by atoms with Crippen LogP contribution in [0.15, 0.2) is 24.3 Å². The molecule has 0 spiro atoms. The lowest BCUT2D eigenvalue weighted by molar-refractivity contribution is 0.238. The molecular formula is C23H41FN2O. The van der Waals surface area contributed by atoms with Crippen molar-refractivity contribution in [2.75, 3.05) is 26.7 Å². The molecule has 1 atom stereocenters. The summed E-state index contributed by atoms with van der Waals surface area (Å²) < 4.78 is 13.2. The highest BCUT2D eigenvalue weighted by Crippen LogP contribution is 2.32. The molecule has 1 aliphatic heterocycles. The highest BCUT2D eigenvalue weighted by Gasteiger charge is 2.25. The fraction of sp³-hybridized carbons (Fsp3) is 0.652. The molecule has 1 aliphatic carbocycles. The topological polar surface area (TPSA) is 49.5 Å². The van der Waals surface area contributed by atoms with Crippen LogP contribution in [0, 0.1) is 24.3 Å². The van der Waals surface area contributed by atoms with E-state index >= 15 is 0 Å². The Balaban J connectivity index is 0. The molecular weight excluding hydrogens is 339 g/mol. The summed E-state index contributed by atoms with van der Waals surface area (Å²) in [6.45, 7) is 11.6. The Morgan fingerprint density at radius 3 is 2.26 bits per heavy atom. The third-order valence-corrected chi connectivity index (χ3v) is 4.67. The second-order valence-electron chi connectivity index (χ2n) is 6.06. The fourth-order valence-electron chi connectivity index (χ4n) is 3.21. The van der Waals surface area contributed by atoms with Crippen molar-refractivity contribution in [2.45, 2.75) is 65.7 Å². The van der Waals surface area contributed by atoms with E-state index in [2.05, 4.69) is 23.1 Å². The molecule has 3 N–H and O–H groups in total. The Kier molecular flexibility index (Phi) is 19.7. The Labute approximate surface area is 167 Å². The second kappa shape index (κ2) is 19.2. The number of aliphatic hydroxyl groups excluding tert-OH is 1. The molecule has 1 aromatic carbocycles. The van der Waals surface area contributed by atoms with Gasteiger partial charge in [-0.1, -0.05) is 65.5 Å². The summed E-state index contributed by atoms with van der Waals surface area (Å²) in [5.41, 5.74) is 5.68. The van der Waals surface area contributed by atoms with Crippen molar-refractivity contribution in [1.29, 1.82) is 0 Å². The van der Waals surface area contributed by atoms with Crippen molar-refractivity contribution in [2.24, 2.45) is 11.7 Å². The average molecular weight is 381 g/mol. The van der Waals surface area contributed by atoms with E-state index in [0.717, 1.165) is 12.5 Å². The molecule has 1 aromatic rings. The van der Waals surface area contributed by atoms with Crippen molar-refractivity contribution in [3.8, 4) is 12.5 Å². The van der Waals surface area contributed by atoms with Gasteiger partial charge in [-0.25, -0.2) is 4.39 Å². The quantitative estimate of drug-likeness (QED) is 0.689. The molecule has 2 fully saturated rings. The highest BCUT2D eigenvalue weighted by molar-refractivity contribution is 5.22. The summed E-state index contributed by atoms with van der Waals surface area (Å²) in [5.74, 6) is 1.45. The molecule has 0 aromatic heterocycles. The van der Waals surface area contributed by atoms with Gasteiger partial charge in [0.15, 0.2) is 0 Å². The van der Waals surface area contributed by atoms with Crippen molar-refractivity contribution >= 4 is 0 Å². The predicted octanol–water partition coefficient (Wildman–Crippen LogP) is 5.38. The molecule has 1 saturated heterocycles. The van der Waals surface area contributed by atoms with Crippen molar-refractivity contribution in [3.05, 3.63) is 35.6 Å². The number of hydrogen-bond acceptors (Lipinski definition) is 3. The van der Waals surface area contributed by atoms with Crippen LogP contribution in [0.3, 0.4) is 0 Å². The van der Waals surface area contributed by atoms with E-state index in [9.17, 15) is 4.39 Å². The van der Waals surface area contributed by atoms with Crippen molar-refractivity contribution in [1.82, 2.24) is 4.90 Å². The van der Waals surface area contributed by atoms with Gasteiger partial charge in [0.2, 0.25) is 0 Å². The Hall–Kier alpha value is -1.57. The molecule has 1 saturated carbocycles. The van der Waals surface area contributed by atoms with Crippen LogP contribution in [0.5, 0.6) is 0 Å². The maximum Gasteiger partial charge on any atom is 0.123 e. The first-order valence-electron chi connectivity index (χ1n) is 10.4. The normalized spacial score (nSPS) is 17.8. The minimum Gasteiger partial charge on any atom is -0.462 e. The monoisotopic (exact) mass is 380 g/mol. The van der Waals surface area contributed by atoms with Crippen molar-refractivity contribution < 1.29 is 9.50 Å². The summed E-state index contributed by atoms with van der Waals surface area (Å²) in [4.78, 5) is 2.56. The first kappa shape index (κ1) is 27.6. The van der Waals surface area contributed by atoms with Crippen LogP contribution < -0.4 is 5.73 Å². The predicted molar refractivity (Wildman–Crippen MR) is 116 cm³/mol. The van der Waals surface area contributed by atoms with Crippen LogP contribution in [0.1, 0.15) is 71.3 Å². The first-order chi connectivity index (χ1) is 13.2. The largest absolute Gasteiger partial charge is 0.462 e. The molecule has 27 heavy (non-hydrogen) atoms. The number of nitrogens with two attached hydrogens (primary N) is 1. The summed E-state index contributed by atoms with van der Waals surface area (Å²) in [5, 5.41) is 7.10. The minimum absolute atomic E-state index is 0.0968. The number of benzene rings is 1. The molecule has 2 aliphatic rings. The third kappa shape index (κ3) is 11.7. The summed E-state index contributed by atoms with van der Waals surface area (Å²) >= 11 is 0. The number of aliphatic hydroxyl groups is 1. The maximum absolute atomic E-state index is 13.2. The van der Waals surface area contributed by atoms with E-state index in [0.29, 0.717) is 5.92 Å². The lowest BCUT2D eigenvalue weighted by atomic mass is 9.83. The smallest absolute Gasteiger partial charge is 0.123 e. The summed E-state index contributed by atoms with van der Waals surface area (Å²) in [6, 6.07) is 7.15. The molecule has 156 valence electrons. The first-order valence-corrected chi connectivity index (χ1v) is 10.4.